The van der Waals surface area contributed by atoms with Gasteiger partial charge in [-0.2, -0.15) is 0 Å². The van der Waals surface area contributed by atoms with E-state index in [-0.39, 0.29) is 24.2 Å². The standard InChI is InChI=1S/C24H22F2N4O3/c25-19-7-6-17(13-20(19)26)30-12-11-29(24(30)32)15-23(31)28-10-9-18(14-28)33-22-8-5-16-3-1-2-4-21(16)27-22/h1-8,13,18H,9-12,14-15H2. The Morgan fingerprint density at radius 3 is 2.73 bits per heavy atom. The highest BCUT2D eigenvalue weighted by Gasteiger charge is 2.34. The molecule has 2 aliphatic heterocycles. The number of carbonyl (C=O) groups excluding carboxylic acids is 2. The molecule has 3 amide bonds. The van der Waals surface area contributed by atoms with Crippen molar-refractivity contribution in [2.45, 2.75) is 12.5 Å². The van der Waals surface area contributed by atoms with E-state index in [4.69, 9.17) is 4.74 Å². The van der Waals surface area contributed by atoms with Crippen LogP contribution < -0.4 is 9.64 Å². The number of pyridine rings is 1. The van der Waals surface area contributed by atoms with E-state index >= 15 is 0 Å². The molecule has 3 heterocycles. The average molecular weight is 452 g/mol. The normalized spacial score (nSPS) is 18.4. The van der Waals surface area contributed by atoms with Crippen molar-refractivity contribution in [3.05, 3.63) is 66.2 Å². The fraction of sp³-hybridized carbons (Fsp3) is 0.292. The molecular weight excluding hydrogens is 430 g/mol. The highest BCUT2D eigenvalue weighted by atomic mass is 19.2. The summed E-state index contributed by atoms with van der Waals surface area (Å²) < 4.78 is 32.7. The van der Waals surface area contributed by atoms with Gasteiger partial charge in [-0.3, -0.25) is 9.69 Å². The maximum atomic E-state index is 13.5. The summed E-state index contributed by atoms with van der Waals surface area (Å²) >= 11 is 0. The molecule has 5 rings (SSSR count). The number of para-hydroxylation sites is 1. The van der Waals surface area contributed by atoms with Crippen LogP contribution in [0.15, 0.2) is 54.6 Å². The van der Waals surface area contributed by atoms with Crippen LogP contribution in [0.2, 0.25) is 0 Å². The highest BCUT2D eigenvalue weighted by molar-refractivity contribution is 5.96. The topological polar surface area (TPSA) is 66.0 Å². The fourth-order valence-corrected chi connectivity index (χ4v) is 4.22. The van der Waals surface area contributed by atoms with Crippen molar-refractivity contribution < 1.29 is 23.1 Å². The smallest absolute Gasteiger partial charge is 0.325 e. The van der Waals surface area contributed by atoms with E-state index in [1.54, 1.807) is 4.90 Å². The summed E-state index contributed by atoms with van der Waals surface area (Å²) in [5.41, 5.74) is 1.12. The molecule has 1 atom stereocenters. The van der Waals surface area contributed by atoms with Gasteiger partial charge in [0.15, 0.2) is 11.6 Å². The third-order valence-corrected chi connectivity index (χ3v) is 5.99. The molecule has 2 aromatic carbocycles. The average Bonchev–Trinajstić information content (AvgIpc) is 3.43. The summed E-state index contributed by atoms with van der Waals surface area (Å²) in [4.78, 5) is 34.5. The minimum atomic E-state index is -1.01. The Kier molecular flexibility index (Phi) is 5.53. The van der Waals surface area contributed by atoms with Crippen molar-refractivity contribution in [1.82, 2.24) is 14.8 Å². The van der Waals surface area contributed by atoms with E-state index in [1.165, 1.54) is 15.9 Å². The van der Waals surface area contributed by atoms with Crippen LogP contribution in [0.5, 0.6) is 5.88 Å². The summed E-state index contributed by atoms with van der Waals surface area (Å²) in [5, 5.41) is 1.03. The second kappa shape index (κ2) is 8.65. The number of ether oxygens (including phenoxy) is 1. The number of hydrogen-bond donors (Lipinski definition) is 0. The van der Waals surface area contributed by atoms with Crippen molar-refractivity contribution in [3.63, 3.8) is 0 Å². The van der Waals surface area contributed by atoms with Crippen molar-refractivity contribution in [2.24, 2.45) is 0 Å². The van der Waals surface area contributed by atoms with Crippen LogP contribution in [0.4, 0.5) is 19.3 Å². The Labute approximate surface area is 189 Å². The lowest BCUT2D eigenvalue weighted by Crippen LogP contribution is -2.42. The van der Waals surface area contributed by atoms with E-state index in [9.17, 15) is 18.4 Å². The number of benzene rings is 2. The number of aromatic nitrogens is 1. The minimum Gasteiger partial charge on any atom is -0.472 e. The zero-order chi connectivity index (χ0) is 22.9. The lowest BCUT2D eigenvalue weighted by molar-refractivity contribution is -0.130. The third kappa shape index (κ3) is 4.30. The Bertz CT molecular complexity index is 1220. The number of halogens is 2. The molecule has 2 aliphatic rings. The molecule has 2 fully saturated rings. The monoisotopic (exact) mass is 452 g/mol. The Morgan fingerprint density at radius 1 is 1.03 bits per heavy atom. The van der Waals surface area contributed by atoms with Crippen LogP contribution in [0.3, 0.4) is 0 Å². The summed E-state index contributed by atoms with van der Waals surface area (Å²) in [6.45, 7) is 1.52. The first kappa shape index (κ1) is 21.1. The molecule has 3 aromatic rings. The second-order valence-corrected chi connectivity index (χ2v) is 8.16. The Morgan fingerprint density at radius 2 is 1.88 bits per heavy atom. The molecule has 0 radical (unpaired) electrons. The minimum absolute atomic E-state index is 0.0695. The van der Waals surface area contributed by atoms with Crippen LogP contribution in [-0.4, -0.2) is 65.5 Å². The lowest BCUT2D eigenvalue weighted by atomic mass is 10.2. The van der Waals surface area contributed by atoms with Gasteiger partial charge in [-0.15, -0.1) is 0 Å². The van der Waals surface area contributed by atoms with Gasteiger partial charge in [0.2, 0.25) is 11.8 Å². The fourth-order valence-electron chi connectivity index (χ4n) is 4.22. The SMILES string of the molecule is O=C(CN1CCN(c2ccc(F)c(F)c2)C1=O)N1CCC(Oc2ccc3ccccc3n2)C1. The van der Waals surface area contributed by atoms with Crippen LogP contribution in [0, 0.1) is 11.6 Å². The molecule has 0 N–H and O–H groups in total. The Hall–Kier alpha value is -3.75. The number of urea groups is 1. The van der Waals surface area contributed by atoms with Gasteiger partial charge in [0, 0.05) is 49.3 Å². The van der Waals surface area contributed by atoms with Gasteiger partial charge in [0.05, 0.1) is 12.1 Å². The number of likely N-dealkylation sites (tertiary alicyclic amines) is 1. The summed E-state index contributed by atoms with van der Waals surface area (Å²) in [7, 11) is 0. The first-order valence-electron chi connectivity index (χ1n) is 10.8. The number of rotatable bonds is 5. The predicted octanol–water partition coefficient (Wildman–Crippen LogP) is 3.43. The van der Waals surface area contributed by atoms with Crippen molar-refractivity contribution in [3.8, 4) is 5.88 Å². The molecule has 7 nitrogen and oxygen atoms in total. The van der Waals surface area contributed by atoms with Crippen molar-refractivity contribution >= 4 is 28.5 Å². The molecule has 0 bridgehead atoms. The maximum absolute atomic E-state index is 13.5. The largest absolute Gasteiger partial charge is 0.472 e. The summed E-state index contributed by atoms with van der Waals surface area (Å²) in [5.74, 6) is -1.64. The molecule has 33 heavy (non-hydrogen) atoms. The Balaban J connectivity index is 1.17. The lowest BCUT2D eigenvalue weighted by Gasteiger charge is -2.22. The number of carbonyl (C=O) groups is 2. The molecular formula is C24H22F2N4O3. The van der Waals surface area contributed by atoms with Gasteiger partial charge in [-0.05, 0) is 24.3 Å². The summed E-state index contributed by atoms with van der Waals surface area (Å²) in [6.07, 6.45) is 0.505. The quantitative estimate of drug-likeness (QED) is 0.595. The molecule has 1 aromatic heterocycles. The number of hydrogen-bond acceptors (Lipinski definition) is 4. The van der Waals surface area contributed by atoms with Gasteiger partial charge >= 0.3 is 6.03 Å². The first-order valence-corrected chi connectivity index (χ1v) is 10.8. The molecule has 0 spiro atoms. The van der Waals surface area contributed by atoms with E-state index in [0.29, 0.717) is 38.5 Å². The molecule has 2 saturated heterocycles. The van der Waals surface area contributed by atoms with Gasteiger partial charge in [0.25, 0.3) is 0 Å². The van der Waals surface area contributed by atoms with Gasteiger partial charge in [0.1, 0.15) is 12.6 Å². The van der Waals surface area contributed by atoms with Crippen molar-refractivity contribution in [2.75, 3.05) is 37.6 Å². The second-order valence-electron chi connectivity index (χ2n) is 8.16. The van der Waals surface area contributed by atoms with E-state index < -0.39 is 17.7 Å². The first-order chi connectivity index (χ1) is 16.0. The van der Waals surface area contributed by atoms with E-state index in [0.717, 1.165) is 23.0 Å². The predicted molar refractivity (Wildman–Crippen MR) is 118 cm³/mol. The molecule has 0 saturated carbocycles. The van der Waals surface area contributed by atoms with Crippen LogP contribution in [0.1, 0.15) is 6.42 Å². The third-order valence-electron chi connectivity index (χ3n) is 5.99. The van der Waals surface area contributed by atoms with Gasteiger partial charge in [-0.1, -0.05) is 18.2 Å². The maximum Gasteiger partial charge on any atom is 0.325 e. The molecule has 170 valence electrons. The highest BCUT2D eigenvalue weighted by Crippen LogP contribution is 2.24. The van der Waals surface area contributed by atoms with Gasteiger partial charge < -0.3 is 14.5 Å². The zero-order valence-corrected chi connectivity index (χ0v) is 17.8. The van der Waals surface area contributed by atoms with Gasteiger partial charge in [-0.25, -0.2) is 18.6 Å². The van der Waals surface area contributed by atoms with E-state index in [2.05, 4.69) is 4.98 Å². The molecule has 0 aliphatic carbocycles. The van der Waals surface area contributed by atoms with Crippen molar-refractivity contribution in [1.29, 1.82) is 0 Å². The number of fused-ring (bicyclic) bond motifs is 1. The van der Waals surface area contributed by atoms with Crippen LogP contribution in [-0.2, 0) is 4.79 Å². The molecule has 9 heteroatoms. The van der Waals surface area contributed by atoms with E-state index in [1.807, 2.05) is 36.4 Å². The van der Waals surface area contributed by atoms with Crippen LogP contribution in [0.25, 0.3) is 10.9 Å². The number of anilines is 1. The van der Waals surface area contributed by atoms with Crippen LogP contribution >= 0.6 is 0 Å². The zero-order valence-electron chi connectivity index (χ0n) is 17.8. The summed E-state index contributed by atoms with van der Waals surface area (Å²) in [6, 6.07) is 14.5. The number of nitrogens with zero attached hydrogens (tertiary/aromatic N) is 4. The molecule has 1 unspecified atom stereocenters. The number of amides is 3.